The van der Waals surface area contributed by atoms with Crippen molar-refractivity contribution < 1.29 is 19.1 Å². The van der Waals surface area contributed by atoms with E-state index in [9.17, 15) is 14.4 Å². The molecule has 1 aromatic carbocycles. The van der Waals surface area contributed by atoms with Crippen molar-refractivity contribution in [2.24, 2.45) is 0 Å². The molecule has 0 atom stereocenters. The van der Waals surface area contributed by atoms with E-state index in [4.69, 9.17) is 4.74 Å². The van der Waals surface area contributed by atoms with E-state index in [-0.39, 0.29) is 36.3 Å². The van der Waals surface area contributed by atoms with Crippen molar-refractivity contribution in [3.63, 3.8) is 0 Å². The summed E-state index contributed by atoms with van der Waals surface area (Å²) in [4.78, 5) is 42.7. The van der Waals surface area contributed by atoms with Gasteiger partial charge in [-0.3, -0.25) is 19.3 Å². The van der Waals surface area contributed by atoms with Crippen molar-refractivity contribution >= 4 is 17.7 Å². The van der Waals surface area contributed by atoms with E-state index in [1.165, 1.54) is 4.90 Å². The molecule has 0 aromatic heterocycles. The first-order chi connectivity index (χ1) is 15.1. The number of carbonyl (C=O) groups excluding carboxylic acids is 3. The third kappa shape index (κ3) is 8.86. The molecule has 0 spiro atoms. The highest BCUT2D eigenvalue weighted by molar-refractivity contribution is 5.85. The summed E-state index contributed by atoms with van der Waals surface area (Å²) in [6, 6.07) is 7.79. The van der Waals surface area contributed by atoms with Crippen LogP contribution in [0.25, 0.3) is 0 Å². The van der Waals surface area contributed by atoms with Crippen LogP contribution in [0.1, 0.15) is 39.2 Å². The average molecular weight is 447 g/mol. The molecular formula is C24H38N4O4. The summed E-state index contributed by atoms with van der Waals surface area (Å²) in [5, 5.41) is 2.87. The zero-order chi connectivity index (χ0) is 23.7. The number of benzene rings is 1. The van der Waals surface area contributed by atoms with Crippen molar-refractivity contribution in [1.29, 1.82) is 0 Å². The van der Waals surface area contributed by atoms with Crippen LogP contribution in [0.5, 0.6) is 5.75 Å². The van der Waals surface area contributed by atoms with Crippen LogP contribution in [0.4, 0.5) is 0 Å². The molecule has 0 saturated carbocycles. The smallest absolute Gasteiger partial charge is 0.240 e. The Bertz CT molecular complexity index is 773. The minimum absolute atomic E-state index is 0.0416. The molecule has 1 heterocycles. The van der Waals surface area contributed by atoms with Crippen molar-refractivity contribution in [2.45, 2.75) is 45.6 Å². The summed E-state index contributed by atoms with van der Waals surface area (Å²) in [5.41, 5.74) is 0.787. The van der Waals surface area contributed by atoms with Crippen LogP contribution >= 0.6 is 0 Å². The van der Waals surface area contributed by atoms with Gasteiger partial charge in [0.15, 0.2) is 0 Å². The fraction of sp³-hybridized carbons (Fsp3) is 0.625. The molecule has 8 nitrogen and oxygen atoms in total. The lowest BCUT2D eigenvalue weighted by atomic mass is 10.1. The van der Waals surface area contributed by atoms with E-state index >= 15 is 0 Å². The number of rotatable bonds is 8. The molecule has 2 rings (SSSR count). The molecule has 1 aliphatic rings. The molecule has 0 aliphatic carbocycles. The van der Waals surface area contributed by atoms with Crippen molar-refractivity contribution in [1.82, 2.24) is 20.0 Å². The van der Waals surface area contributed by atoms with Gasteiger partial charge in [-0.25, -0.2) is 0 Å². The lowest BCUT2D eigenvalue weighted by Crippen LogP contribution is -2.48. The second kappa shape index (κ2) is 11.9. The highest BCUT2D eigenvalue weighted by atomic mass is 16.5. The van der Waals surface area contributed by atoms with Gasteiger partial charge in [0.05, 0.1) is 20.2 Å². The summed E-state index contributed by atoms with van der Waals surface area (Å²) in [7, 11) is 3.29. The van der Waals surface area contributed by atoms with Gasteiger partial charge >= 0.3 is 0 Å². The Kier molecular flexibility index (Phi) is 9.50. The van der Waals surface area contributed by atoms with E-state index in [1.807, 2.05) is 49.9 Å². The van der Waals surface area contributed by atoms with Gasteiger partial charge in [0.25, 0.3) is 0 Å². The van der Waals surface area contributed by atoms with Crippen LogP contribution in [0, 0.1) is 0 Å². The molecular weight excluding hydrogens is 408 g/mol. The second-order valence-electron chi connectivity index (χ2n) is 9.41. The number of hydrogen-bond donors (Lipinski definition) is 1. The standard InChI is InChI=1S/C24H38N4O4/c1-24(2,3)25-21(29)17-26(4)23(31)18-27-13-6-14-28(16-15-27)22(30)12-9-19-7-10-20(32-5)11-8-19/h7-8,10-11H,6,9,12-18H2,1-5H3,(H,25,29). The lowest BCUT2D eigenvalue weighted by molar-refractivity contribution is -0.136. The predicted octanol–water partition coefficient (Wildman–Crippen LogP) is 1.54. The second-order valence-corrected chi connectivity index (χ2v) is 9.41. The molecule has 1 N–H and O–H groups in total. The van der Waals surface area contributed by atoms with E-state index in [0.29, 0.717) is 32.5 Å². The highest BCUT2D eigenvalue weighted by Gasteiger charge is 2.23. The van der Waals surface area contributed by atoms with Gasteiger partial charge in [-0.2, -0.15) is 0 Å². The normalized spacial score (nSPS) is 15.1. The van der Waals surface area contributed by atoms with E-state index in [1.54, 1.807) is 14.2 Å². The van der Waals surface area contributed by atoms with Crippen LogP contribution in [0.2, 0.25) is 0 Å². The van der Waals surface area contributed by atoms with E-state index in [2.05, 4.69) is 10.2 Å². The Morgan fingerprint density at radius 3 is 2.38 bits per heavy atom. The summed E-state index contributed by atoms with van der Waals surface area (Å²) >= 11 is 0. The number of methoxy groups -OCH3 is 1. The Hall–Kier alpha value is -2.61. The monoisotopic (exact) mass is 446 g/mol. The Labute approximate surface area is 191 Å². The molecule has 0 unspecified atom stereocenters. The van der Waals surface area contributed by atoms with Crippen molar-refractivity contribution in [3.8, 4) is 5.75 Å². The molecule has 178 valence electrons. The van der Waals surface area contributed by atoms with Gasteiger partial charge < -0.3 is 19.9 Å². The molecule has 32 heavy (non-hydrogen) atoms. The minimum atomic E-state index is -0.324. The topological polar surface area (TPSA) is 82.2 Å². The van der Waals surface area contributed by atoms with Gasteiger partial charge in [-0.05, 0) is 51.3 Å². The Morgan fingerprint density at radius 2 is 1.75 bits per heavy atom. The first-order valence-corrected chi connectivity index (χ1v) is 11.3. The van der Waals surface area contributed by atoms with Gasteiger partial charge in [0.2, 0.25) is 17.7 Å². The maximum Gasteiger partial charge on any atom is 0.240 e. The summed E-state index contributed by atoms with van der Waals surface area (Å²) in [5.74, 6) is 0.693. The maximum absolute atomic E-state index is 12.7. The van der Waals surface area contributed by atoms with E-state index in [0.717, 1.165) is 24.3 Å². The number of nitrogens with zero attached hydrogens (tertiary/aromatic N) is 3. The van der Waals surface area contributed by atoms with Crippen LogP contribution in [-0.4, -0.2) is 91.4 Å². The maximum atomic E-state index is 12.7. The van der Waals surface area contributed by atoms with Crippen LogP contribution < -0.4 is 10.1 Å². The molecule has 8 heteroatoms. The SMILES string of the molecule is COc1ccc(CCC(=O)N2CCCN(CC(=O)N(C)CC(=O)NC(C)(C)C)CC2)cc1. The number of hydrogen-bond acceptors (Lipinski definition) is 5. The summed E-state index contributed by atoms with van der Waals surface area (Å²) < 4.78 is 5.17. The largest absolute Gasteiger partial charge is 0.497 e. The minimum Gasteiger partial charge on any atom is -0.497 e. The van der Waals surface area contributed by atoms with Crippen molar-refractivity contribution in [3.05, 3.63) is 29.8 Å². The van der Waals surface area contributed by atoms with Crippen molar-refractivity contribution in [2.75, 3.05) is 53.4 Å². The summed E-state index contributed by atoms with van der Waals surface area (Å²) in [6.07, 6.45) is 2.00. The molecule has 0 bridgehead atoms. The number of aryl methyl sites for hydroxylation is 1. The van der Waals surface area contributed by atoms with Crippen LogP contribution in [0.3, 0.4) is 0 Å². The van der Waals surface area contributed by atoms with Gasteiger partial charge in [-0.1, -0.05) is 12.1 Å². The van der Waals surface area contributed by atoms with Gasteiger partial charge in [0.1, 0.15) is 5.75 Å². The number of nitrogens with one attached hydrogen (secondary N) is 1. The van der Waals surface area contributed by atoms with E-state index < -0.39 is 0 Å². The Balaban J connectivity index is 1.76. The predicted molar refractivity (Wildman–Crippen MR) is 124 cm³/mol. The Morgan fingerprint density at radius 1 is 1.06 bits per heavy atom. The molecule has 1 fully saturated rings. The number of amides is 3. The first-order valence-electron chi connectivity index (χ1n) is 11.3. The van der Waals surface area contributed by atoms with Crippen LogP contribution in [-0.2, 0) is 20.8 Å². The highest BCUT2D eigenvalue weighted by Crippen LogP contribution is 2.14. The van der Waals surface area contributed by atoms with Crippen LogP contribution in [0.15, 0.2) is 24.3 Å². The fourth-order valence-corrected chi connectivity index (χ4v) is 3.65. The third-order valence-electron chi connectivity index (χ3n) is 5.41. The molecule has 3 amide bonds. The first kappa shape index (κ1) is 25.6. The van der Waals surface area contributed by atoms with Gasteiger partial charge in [0, 0.05) is 45.2 Å². The number of likely N-dealkylation sites (N-methyl/N-ethyl adjacent to an activating group) is 1. The third-order valence-corrected chi connectivity index (χ3v) is 5.41. The number of carbonyl (C=O) groups is 3. The average Bonchev–Trinajstić information content (AvgIpc) is 2.96. The fourth-order valence-electron chi connectivity index (χ4n) is 3.65. The zero-order valence-electron chi connectivity index (χ0n) is 20.1. The van der Waals surface area contributed by atoms with Gasteiger partial charge in [-0.15, -0.1) is 0 Å². The number of ether oxygens (including phenoxy) is 1. The molecule has 1 saturated heterocycles. The molecule has 1 aliphatic heterocycles. The summed E-state index contributed by atoms with van der Waals surface area (Å²) in [6.45, 7) is 8.76. The molecule has 0 radical (unpaired) electrons. The zero-order valence-corrected chi connectivity index (χ0v) is 20.1. The quantitative estimate of drug-likeness (QED) is 0.655. The lowest BCUT2D eigenvalue weighted by Gasteiger charge is -2.26. The molecule has 1 aromatic rings.